The van der Waals surface area contributed by atoms with Crippen molar-refractivity contribution in [1.82, 2.24) is 15.2 Å². The molecular formula is C12H18ClN3. The SMILES string of the molecule is CN(Cc1cccc(Cl)n1)C1CCNCC1. The van der Waals surface area contributed by atoms with Gasteiger partial charge in [-0.1, -0.05) is 17.7 Å². The van der Waals surface area contributed by atoms with Crippen LogP contribution in [0.3, 0.4) is 0 Å². The minimum atomic E-state index is 0.580. The summed E-state index contributed by atoms with van der Waals surface area (Å²) in [5.41, 5.74) is 1.05. The van der Waals surface area contributed by atoms with Crippen LogP contribution in [-0.2, 0) is 6.54 Å². The molecule has 0 saturated carbocycles. The van der Waals surface area contributed by atoms with Gasteiger partial charge in [-0.2, -0.15) is 0 Å². The number of pyridine rings is 1. The van der Waals surface area contributed by atoms with Crippen LogP contribution in [0.5, 0.6) is 0 Å². The van der Waals surface area contributed by atoms with Gasteiger partial charge in [0.15, 0.2) is 0 Å². The van der Waals surface area contributed by atoms with Crippen molar-refractivity contribution >= 4 is 11.6 Å². The molecule has 1 aromatic rings. The normalized spacial score (nSPS) is 17.9. The third kappa shape index (κ3) is 3.17. The predicted molar refractivity (Wildman–Crippen MR) is 66.6 cm³/mol. The zero-order chi connectivity index (χ0) is 11.4. The van der Waals surface area contributed by atoms with Crippen molar-refractivity contribution in [2.45, 2.75) is 25.4 Å². The zero-order valence-corrected chi connectivity index (χ0v) is 10.4. The third-order valence-electron chi connectivity index (χ3n) is 3.12. The van der Waals surface area contributed by atoms with Gasteiger partial charge in [0.2, 0.25) is 0 Å². The Morgan fingerprint density at radius 1 is 1.44 bits per heavy atom. The van der Waals surface area contributed by atoms with Gasteiger partial charge in [-0.15, -0.1) is 0 Å². The van der Waals surface area contributed by atoms with E-state index in [2.05, 4.69) is 22.2 Å². The summed E-state index contributed by atoms with van der Waals surface area (Å²) in [6.45, 7) is 3.13. The molecule has 0 unspecified atom stereocenters. The Bertz CT molecular complexity index is 337. The molecule has 1 aliphatic heterocycles. The first-order chi connectivity index (χ1) is 7.75. The van der Waals surface area contributed by atoms with Gasteiger partial charge in [0.05, 0.1) is 5.69 Å². The average molecular weight is 240 g/mol. The van der Waals surface area contributed by atoms with Crippen LogP contribution in [0.15, 0.2) is 18.2 Å². The maximum atomic E-state index is 5.87. The topological polar surface area (TPSA) is 28.2 Å². The van der Waals surface area contributed by atoms with Gasteiger partial charge in [-0.05, 0) is 45.1 Å². The molecule has 16 heavy (non-hydrogen) atoms. The van der Waals surface area contributed by atoms with Gasteiger partial charge in [0.25, 0.3) is 0 Å². The molecule has 0 aromatic carbocycles. The molecule has 0 radical (unpaired) electrons. The van der Waals surface area contributed by atoms with Gasteiger partial charge in [-0.3, -0.25) is 4.90 Å². The van der Waals surface area contributed by atoms with Crippen molar-refractivity contribution in [3.8, 4) is 0 Å². The van der Waals surface area contributed by atoms with Gasteiger partial charge in [0.1, 0.15) is 5.15 Å². The number of rotatable bonds is 3. The summed E-state index contributed by atoms with van der Waals surface area (Å²) in [6.07, 6.45) is 2.44. The van der Waals surface area contributed by atoms with Crippen LogP contribution in [-0.4, -0.2) is 36.1 Å². The molecule has 1 aliphatic rings. The Balaban J connectivity index is 1.93. The molecule has 1 aromatic heterocycles. The van der Waals surface area contributed by atoms with Gasteiger partial charge in [-0.25, -0.2) is 4.98 Å². The van der Waals surface area contributed by atoms with E-state index in [1.165, 1.54) is 12.8 Å². The maximum absolute atomic E-state index is 5.87. The fourth-order valence-electron chi connectivity index (χ4n) is 2.17. The Kier molecular flexibility index (Phi) is 4.16. The number of nitrogens with one attached hydrogen (secondary N) is 1. The molecular weight excluding hydrogens is 222 g/mol. The van der Waals surface area contributed by atoms with Crippen molar-refractivity contribution in [1.29, 1.82) is 0 Å². The first kappa shape index (κ1) is 11.8. The van der Waals surface area contributed by atoms with E-state index < -0.39 is 0 Å². The average Bonchev–Trinajstić information content (AvgIpc) is 2.30. The molecule has 4 heteroatoms. The highest BCUT2D eigenvalue weighted by atomic mass is 35.5. The number of nitrogens with zero attached hydrogens (tertiary/aromatic N) is 2. The van der Waals surface area contributed by atoms with Crippen LogP contribution in [0.2, 0.25) is 5.15 Å². The molecule has 1 N–H and O–H groups in total. The van der Waals surface area contributed by atoms with E-state index in [0.717, 1.165) is 25.3 Å². The second-order valence-electron chi connectivity index (χ2n) is 4.35. The van der Waals surface area contributed by atoms with E-state index in [4.69, 9.17) is 11.6 Å². The number of halogens is 1. The van der Waals surface area contributed by atoms with Gasteiger partial charge in [0, 0.05) is 12.6 Å². The first-order valence-corrected chi connectivity index (χ1v) is 6.16. The molecule has 0 amide bonds. The lowest BCUT2D eigenvalue weighted by Crippen LogP contribution is -2.40. The largest absolute Gasteiger partial charge is 0.317 e. The monoisotopic (exact) mass is 239 g/mol. The fourth-order valence-corrected chi connectivity index (χ4v) is 2.35. The van der Waals surface area contributed by atoms with E-state index in [1.54, 1.807) is 0 Å². The highest BCUT2D eigenvalue weighted by Gasteiger charge is 2.17. The third-order valence-corrected chi connectivity index (χ3v) is 3.33. The summed E-state index contributed by atoms with van der Waals surface area (Å²) >= 11 is 5.87. The molecule has 0 aliphatic carbocycles. The van der Waals surface area contributed by atoms with Crippen LogP contribution < -0.4 is 5.32 Å². The Morgan fingerprint density at radius 3 is 2.88 bits per heavy atom. The number of aromatic nitrogens is 1. The lowest BCUT2D eigenvalue weighted by atomic mass is 10.1. The highest BCUT2D eigenvalue weighted by molar-refractivity contribution is 6.29. The van der Waals surface area contributed by atoms with Crippen molar-refractivity contribution in [3.63, 3.8) is 0 Å². The molecule has 0 spiro atoms. The Morgan fingerprint density at radius 2 is 2.19 bits per heavy atom. The minimum absolute atomic E-state index is 0.580. The number of piperidine rings is 1. The standard InChI is InChI=1S/C12H18ClN3/c1-16(11-5-7-14-8-6-11)9-10-3-2-4-12(13)15-10/h2-4,11,14H,5-9H2,1H3. The maximum Gasteiger partial charge on any atom is 0.129 e. The fraction of sp³-hybridized carbons (Fsp3) is 0.583. The van der Waals surface area contributed by atoms with Crippen LogP contribution >= 0.6 is 11.6 Å². The summed E-state index contributed by atoms with van der Waals surface area (Å²) in [5.74, 6) is 0. The van der Waals surface area contributed by atoms with Crippen LogP contribution in [0.1, 0.15) is 18.5 Å². The number of hydrogen-bond donors (Lipinski definition) is 1. The lowest BCUT2D eigenvalue weighted by molar-refractivity contribution is 0.190. The lowest BCUT2D eigenvalue weighted by Gasteiger charge is -2.31. The Hall–Kier alpha value is -0.640. The van der Waals surface area contributed by atoms with Gasteiger partial charge < -0.3 is 5.32 Å². The van der Waals surface area contributed by atoms with E-state index in [9.17, 15) is 0 Å². The van der Waals surface area contributed by atoms with E-state index in [1.807, 2.05) is 18.2 Å². The van der Waals surface area contributed by atoms with Crippen LogP contribution in [0.25, 0.3) is 0 Å². The van der Waals surface area contributed by atoms with Crippen molar-refractivity contribution in [2.75, 3.05) is 20.1 Å². The minimum Gasteiger partial charge on any atom is -0.317 e. The molecule has 0 atom stereocenters. The molecule has 2 heterocycles. The molecule has 88 valence electrons. The quantitative estimate of drug-likeness (QED) is 0.817. The van der Waals surface area contributed by atoms with Gasteiger partial charge >= 0.3 is 0 Å². The van der Waals surface area contributed by atoms with Crippen LogP contribution in [0, 0.1) is 0 Å². The summed E-state index contributed by atoms with van der Waals surface area (Å²) < 4.78 is 0. The van der Waals surface area contributed by atoms with Crippen molar-refractivity contribution < 1.29 is 0 Å². The Labute approximate surface area is 102 Å². The smallest absolute Gasteiger partial charge is 0.129 e. The first-order valence-electron chi connectivity index (χ1n) is 5.78. The highest BCUT2D eigenvalue weighted by Crippen LogP contribution is 2.13. The molecule has 2 rings (SSSR count). The van der Waals surface area contributed by atoms with E-state index >= 15 is 0 Å². The summed E-state index contributed by atoms with van der Waals surface area (Å²) in [7, 11) is 2.17. The van der Waals surface area contributed by atoms with E-state index in [0.29, 0.717) is 11.2 Å². The van der Waals surface area contributed by atoms with Crippen LogP contribution in [0.4, 0.5) is 0 Å². The molecule has 0 bridgehead atoms. The molecule has 1 fully saturated rings. The number of hydrogen-bond acceptors (Lipinski definition) is 3. The second-order valence-corrected chi connectivity index (χ2v) is 4.74. The van der Waals surface area contributed by atoms with Crippen molar-refractivity contribution in [2.24, 2.45) is 0 Å². The van der Waals surface area contributed by atoms with Crippen molar-refractivity contribution in [3.05, 3.63) is 29.0 Å². The summed E-state index contributed by atoms with van der Waals surface area (Å²) in [4.78, 5) is 6.69. The molecule has 1 saturated heterocycles. The predicted octanol–water partition coefficient (Wildman–Crippen LogP) is 1.92. The van der Waals surface area contributed by atoms with E-state index in [-0.39, 0.29) is 0 Å². The molecule has 3 nitrogen and oxygen atoms in total. The second kappa shape index (κ2) is 5.62. The summed E-state index contributed by atoms with van der Waals surface area (Å²) in [5, 5.41) is 3.96. The zero-order valence-electron chi connectivity index (χ0n) is 9.62. The summed E-state index contributed by atoms with van der Waals surface area (Å²) in [6, 6.07) is 6.47.